The van der Waals surface area contributed by atoms with Crippen LogP contribution in [0.2, 0.25) is 0 Å². The lowest BCUT2D eigenvalue weighted by Crippen LogP contribution is -2.08. The maximum atomic E-state index is 11.5. The lowest BCUT2D eigenvalue weighted by Gasteiger charge is -2.04. The molecule has 18 heavy (non-hydrogen) atoms. The summed E-state index contributed by atoms with van der Waals surface area (Å²) in [5.74, 6) is -0.545. The van der Waals surface area contributed by atoms with E-state index in [1.165, 1.54) is 31.9 Å². The Morgan fingerprint density at radius 1 is 1.44 bits per heavy atom. The molecule has 1 N–H and O–H groups in total. The molecule has 0 fully saturated rings. The molecule has 0 saturated heterocycles. The Morgan fingerprint density at radius 2 is 2.28 bits per heavy atom. The highest BCUT2D eigenvalue weighted by atomic mass is 32.2. The van der Waals surface area contributed by atoms with Gasteiger partial charge in [-0.3, -0.25) is 4.79 Å². The van der Waals surface area contributed by atoms with Crippen LogP contribution in [0.1, 0.15) is 10.4 Å². The van der Waals surface area contributed by atoms with Gasteiger partial charge in [-0.05, 0) is 11.8 Å². The Hall–Kier alpha value is -2.22. The third kappa shape index (κ3) is 2.72. The molecule has 0 radical (unpaired) electrons. The first-order chi connectivity index (χ1) is 8.70. The molecule has 0 unspecified atom stereocenters. The van der Waals surface area contributed by atoms with Crippen LogP contribution in [0.3, 0.4) is 0 Å². The van der Waals surface area contributed by atoms with Gasteiger partial charge in [0.1, 0.15) is 16.9 Å². The van der Waals surface area contributed by atoms with Gasteiger partial charge in [-0.15, -0.1) is 0 Å². The van der Waals surface area contributed by atoms with E-state index in [2.05, 4.69) is 24.7 Å². The number of aromatic amines is 1. The molecule has 0 spiro atoms. The van der Waals surface area contributed by atoms with Gasteiger partial charge in [0.15, 0.2) is 5.16 Å². The molecule has 2 heterocycles. The maximum absolute atomic E-state index is 11.5. The molecular formula is C10H8N4O3S. The lowest BCUT2D eigenvalue weighted by atomic mass is 10.3. The lowest BCUT2D eigenvalue weighted by molar-refractivity contribution is 0.0595. The number of carbonyl (C=O) groups excluding carboxylic acids is 1. The Labute approximate surface area is 106 Å². The van der Waals surface area contributed by atoms with Gasteiger partial charge in [0.25, 0.3) is 5.56 Å². The van der Waals surface area contributed by atoms with E-state index >= 15 is 0 Å². The van der Waals surface area contributed by atoms with Gasteiger partial charge >= 0.3 is 5.97 Å². The van der Waals surface area contributed by atoms with Gasteiger partial charge in [0.05, 0.1) is 7.11 Å². The fourth-order valence-electron chi connectivity index (χ4n) is 1.15. The van der Waals surface area contributed by atoms with Crippen molar-refractivity contribution < 1.29 is 9.53 Å². The summed E-state index contributed by atoms with van der Waals surface area (Å²) in [6, 6.07) is 1.30. The first-order valence-corrected chi connectivity index (χ1v) is 5.64. The third-order valence-electron chi connectivity index (χ3n) is 1.92. The minimum atomic E-state index is -0.545. The molecule has 2 rings (SSSR count). The number of ether oxygens (including phenoxy) is 1. The fourth-order valence-corrected chi connectivity index (χ4v) is 1.94. The van der Waals surface area contributed by atoms with Crippen LogP contribution in [0.25, 0.3) is 0 Å². The number of nitrogens with one attached hydrogen (secondary N) is 1. The van der Waals surface area contributed by atoms with Crippen LogP contribution < -0.4 is 5.56 Å². The Bertz CT molecular complexity index is 628. The fraction of sp³-hybridized carbons (Fsp3) is 0.100. The molecule has 0 aliphatic rings. The molecule has 0 aliphatic heterocycles. The van der Waals surface area contributed by atoms with Crippen LogP contribution >= 0.6 is 11.8 Å². The van der Waals surface area contributed by atoms with E-state index in [0.717, 1.165) is 11.8 Å². The highest BCUT2D eigenvalue weighted by molar-refractivity contribution is 7.99. The molecule has 0 aliphatic carbocycles. The zero-order valence-corrected chi connectivity index (χ0v) is 10.1. The minimum absolute atomic E-state index is 0.219. The van der Waals surface area contributed by atoms with E-state index in [0.29, 0.717) is 10.2 Å². The summed E-state index contributed by atoms with van der Waals surface area (Å²) in [5, 5.41) is 0.706. The topological polar surface area (TPSA) is 97.8 Å². The van der Waals surface area contributed by atoms with E-state index < -0.39 is 5.97 Å². The molecule has 92 valence electrons. The maximum Gasteiger partial charge on any atom is 0.342 e. The predicted molar refractivity (Wildman–Crippen MR) is 62.4 cm³/mol. The number of carbonyl (C=O) groups is 1. The number of hydrogen-bond acceptors (Lipinski definition) is 7. The quantitative estimate of drug-likeness (QED) is 0.489. The van der Waals surface area contributed by atoms with E-state index in [-0.39, 0.29) is 11.1 Å². The molecule has 0 bridgehead atoms. The molecule has 2 aromatic rings. The van der Waals surface area contributed by atoms with Crippen LogP contribution in [0.4, 0.5) is 0 Å². The molecule has 0 amide bonds. The van der Waals surface area contributed by atoms with E-state index in [4.69, 9.17) is 0 Å². The largest absolute Gasteiger partial charge is 0.465 e. The molecule has 0 saturated carbocycles. The zero-order valence-electron chi connectivity index (χ0n) is 9.28. The van der Waals surface area contributed by atoms with Crippen molar-refractivity contribution in [3.8, 4) is 0 Å². The summed E-state index contributed by atoms with van der Waals surface area (Å²) >= 11 is 1.05. The average Bonchev–Trinajstić information content (AvgIpc) is 2.38. The smallest absolute Gasteiger partial charge is 0.342 e. The van der Waals surface area contributed by atoms with Gasteiger partial charge < -0.3 is 9.72 Å². The van der Waals surface area contributed by atoms with E-state index in [9.17, 15) is 9.59 Å². The summed E-state index contributed by atoms with van der Waals surface area (Å²) < 4.78 is 4.61. The predicted octanol–water partition coefficient (Wildman–Crippen LogP) is 0.498. The number of H-pyrrole nitrogens is 1. The monoisotopic (exact) mass is 264 g/mol. The van der Waals surface area contributed by atoms with Crippen molar-refractivity contribution in [1.29, 1.82) is 0 Å². The second kappa shape index (κ2) is 5.41. The SMILES string of the molecule is COC(=O)c1cncnc1Sc1nccc(=O)[nH]1. The summed E-state index contributed by atoms with van der Waals surface area (Å²) in [6.07, 6.45) is 4.03. The van der Waals surface area contributed by atoms with Crippen molar-refractivity contribution in [2.75, 3.05) is 7.11 Å². The van der Waals surface area contributed by atoms with Gasteiger partial charge in [0.2, 0.25) is 0 Å². The highest BCUT2D eigenvalue weighted by Crippen LogP contribution is 2.24. The van der Waals surface area contributed by atoms with Crippen LogP contribution in [0.15, 0.2) is 39.8 Å². The van der Waals surface area contributed by atoms with E-state index in [1.54, 1.807) is 0 Å². The summed E-state index contributed by atoms with van der Waals surface area (Å²) in [7, 11) is 1.27. The highest BCUT2D eigenvalue weighted by Gasteiger charge is 2.15. The van der Waals surface area contributed by atoms with Crippen molar-refractivity contribution in [2.24, 2.45) is 0 Å². The minimum Gasteiger partial charge on any atom is -0.465 e. The summed E-state index contributed by atoms with van der Waals surface area (Å²) in [6.45, 7) is 0. The van der Waals surface area contributed by atoms with Gasteiger partial charge in [-0.2, -0.15) is 0 Å². The second-order valence-corrected chi connectivity index (χ2v) is 4.05. The van der Waals surface area contributed by atoms with Crippen LogP contribution in [0, 0.1) is 0 Å². The first kappa shape index (κ1) is 12.2. The zero-order chi connectivity index (χ0) is 13.0. The van der Waals surface area contributed by atoms with Crippen molar-refractivity contribution in [2.45, 2.75) is 10.2 Å². The van der Waals surface area contributed by atoms with Crippen LogP contribution in [0.5, 0.6) is 0 Å². The number of aromatic nitrogens is 4. The Morgan fingerprint density at radius 3 is 3.00 bits per heavy atom. The van der Waals surface area contributed by atoms with Gasteiger partial charge in [-0.1, -0.05) is 0 Å². The third-order valence-corrected chi connectivity index (χ3v) is 2.84. The molecule has 0 atom stereocenters. The Kier molecular flexibility index (Phi) is 3.68. The first-order valence-electron chi connectivity index (χ1n) is 4.82. The van der Waals surface area contributed by atoms with Crippen molar-refractivity contribution in [1.82, 2.24) is 19.9 Å². The van der Waals surface area contributed by atoms with Crippen molar-refractivity contribution >= 4 is 17.7 Å². The van der Waals surface area contributed by atoms with Gasteiger partial charge in [0, 0.05) is 18.5 Å². The molecule has 8 heteroatoms. The molecular weight excluding hydrogens is 256 g/mol. The molecule has 7 nitrogen and oxygen atoms in total. The number of hydrogen-bond donors (Lipinski definition) is 1. The number of rotatable bonds is 3. The Balaban J connectivity index is 2.34. The number of nitrogens with zero attached hydrogens (tertiary/aromatic N) is 3. The number of esters is 1. The van der Waals surface area contributed by atoms with Gasteiger partial charge in [-0.25, -0.2) is 19.7 Å². The molecule has 0 aromatic carbocycles. The summed E-state index contributed by atoms with van der Waals surface area (Å²) in [4.78, 5) is 36.8. The standard InChI is InChI=1S/C10H8N4O3S/c1-17-9(16)6-4-11-5-13-8(6)18-10-12-3-2-7(15)14-10/h2-5H,1H3,(H,12,14,15). The van der Waals surface area contributed by atoms with Crippen molar-refractivity contribution in [3.63, 3.8) is 0 Å². The number of methoxy groups -OCH3 is 1. The van der Waals surface area contributed by atoms with Crippen LogP contribution in [-0.4, -0.2) is 33.0 Å². The van der Waals surface area contributed by atoms with Crippen molar-refractivity contribution in [3.05, 3.63) is 40.7 Å². The average molecular weight is 264 g/mol. The molecule has 2 aromatic heterocycles. The van der Waals surface area contributed by atoms with Crippen LogP contribution in [-0.2, 0) is 4.74 Å². The summed E-state index contributed by atoms with van der Waals surface area (Å²) in [5.41, 5.74) is -0.0577. The normalized spacial score (nSPS) is 10.1. The second-order valence-electron chi connectivity index (χ2n) is 3.07. The van der Waals surface area contributed by atoms with E-state index in [1.807, 2.05) is 0 Å².